The summed E-state index contributed by atoms with van der Waals surface area (Å²) in [5.74, 6) is -0.0768. The van der Waals surface area contributed by atoms with E-state index in [1.807, 2.05) is 17.5 Å². The lowest BCUT2D eigenvalue weighted by Gasteiger charge is -2.29. The van der Waals surface area contributed by atoms with Crippen LogP contribution in [0.2, 0.25) is 5.15 Å². The Morgan fingerprint density at radius 3 is 2.88 bits per heavy atom. The third-order valence-corrected chi connectivity index (χ3v) is 5.08. The highest BCUT2D eigenvalue weighted by Gasteiger charge is 2.24. The van der Waals surface area contributed by atoms with E-state index in [4.69, 9.17) is 16.3 Å². The maximum atomic E-state index is 12.7. The SMILES string of the molecule is CCCCO[C@H]1CC[C@H](NC(=O)c2ccn3c(C)cc(Cl)nc23)CC1. The lowest BCUT2D eigenvalue weighted by Crippen LogP contribution is -2.39. The average Bonchev–Trinajstić information content (AvgIpc) is 3.01. The topological polar surface area (TPSA) is 55.6 Å². The van der Waals surface area contributed by atoms with Gasteiger partial charge in [0.15, 0.2) is 5.65 Å². The van der Waals surface area contributed by atoms with Crippen LogP contribution in [0.25, 0.3) is 5.65 Å². The van der Waals surface area contributed by atoms with E-state index in [9.17, 15) is 4.79 Å². The molecule has 5 nitrogen and oxygen atoms in total. The molecule has 1 amide bonds. The Labute approximate surface area is 153 Å². The van der Waals surface area contributed by atoms with Gasteiger partial charge in [0.2, 0.25) is 0 Å². The number of aryl methyl sites for hydroxylation is 1. The lowest BCUT2D eigenvalue weighted by atomic mass is 9.92. The number of unbranched alkanes of at least 4 members (excludes halogenated alkanes) is 1. The number of hydrogen-bond acceptors (Lipinski definition) is 3. The molecule has 1 saturated carbocycles. The highest BCUT2D eigenvalue weighted by atomic mass is 35.5. The minimum atomic E-state index is -0.0768. The minimum absolute atomic E-state index is 0.0768. The summed E-state index contributed by atoms with van der Waals surface area (Å²) < 4.78 is 7.78. The third-order valence-electron chi connectivity index (χ3n) is 4.89. The second-order valence-electron chi connectivity index (χ2n) is 6.81. The van der Waals surface area contributed by atoms with Crippen LogP contribution in [-0.2, 0) is 4.74 Å². The molecule has 1 aliphatic carbocycles. The summed E-state index contributed by atoms with van der Waals surface area (Å²) in [6, 6.07) is 3.80. The summed E-state index contributed by atoms with van der Waals surface area (Å²) in [5.41, 5.74) is 2.14. The standard InChI is InChI=1S/C19H26ClN3O2/c1-3-4-11-25-15-7-5-14(6-8-15)21-19(24)16-9-10-23-13(2)12-17(20)22-18(16)23/h9-10,12,14-15H,3-8,11H2,1-2H3,(H,21,24)/t14-,15-. The van der Waals surface area contributed by atoms with Gasteiger partial charge in [0.05, 0.1) is 11.7 Å². The summed E-state index contributed by atoms with van der Waals surface area (Å²) in [5, 5.41) is 3.55. The Balaban J connectivity index is 1.59. The number of nitrogens with zero attached hydrogens (tertiary/aromatic N) is 2. The van der Waals surface area contributed by atoms with Gasteiger partial charge < -0.3 is 14.5 Å². The molecule has 0 unspecified atom stereocenters. The number of carbonyl (C=O) groups excluding carboxylic acids is 1. The molecule has 0 bridgehead atoms. The van der Waals surface area contributed by atoms with Crippen molar-refractivity contribution in [1.29, 1.82) is 0 Å². The summed E-state index contributed by atoms with van der Waals surface area (Å²) >= 11 is 6.05. The van der Waals surface area contributed by atoms with Crippen LogP contribution in [0, 0.1) is 6.92 Å². The third kappa shape index (κ3) is 4.33. The predicted molar refractivity (Wildman–Crippen MR) is 99.3 cm³/mol. The van der Waals surface area contributed by atoms with E-state index in [-0.39, 0.29) is 11.9 Å². The van der Waals surface area contributed by atoms with E-state index in [1.54, 1.807) is 12.1 Å². The number of hydrogen-bond donors (Lipinski definition) is 1. The Morgan fingerprint density at radius 2 is 2.16 bits per heavy atom. The van der Waals surface area contributed by atoms with Crippen molar-refractivity contribution in [3.63, 3.8) is 0 Å². The highest BCUT2D eigenvalue weighted by Crippen LogP contribution is 2.23. The molecule has 136 valence electrons. The summed E-state index contributed by atoms with van der Waals surface area (Å²) in [7, 11) is 0. The fourth-order valence-electron chi connectivity index (χ4n) is 3.41. The van der Waals surface area contributed by atoms with Crippen LogP contribution in [0.5, 0.6) is 0 Å². The maximum absolute atomic E-state index is 12.7. The van der Waals surface area contributed by atoms with Crippen LogP contribution in [-0.4, -0.2) is 34.0 Å². The number of amides is 1. The van der Waals surface area contributed by atoms with Gasteiger partial charge in [-0.25, -0.2) is 4.98 Å². The molecule has 0 atom stereocenters. The summed E-state index contributed by atoms with van der Waals surface area (Å²) in [4.78, 5) is 17.0. The number of halogens is 1. The van der Waals surface area contributed by atoms with Crippen LogP contribution < -0.4 is 5.32 Å². The summed E-state index contributed by atoms with van der Waals surface area (Å²) in [6.07, 6.45) is 8.42. The Kier molecular flexibility index (Phi) is 5.97. The van der Waals surface area contributed by atoms with Crippen molar-refractivity contribution in [2.75, 3.05) is 6.61 Å². The Hall–Kier alpha value is -1.59. The van der Waals surface area contributed by atoms with Crippen molar-refractivity contribution in [2.45, 2.75) is 64.5 Å². The van der Waals surface area contributed by atoms with Crippen molar-refractivity contribution in [3.8, 4) is 0 Å². The van der Waals surface area contributed by atoms with Gasteiger partial charge in [0.1, 0.15) is 5.15 Å². The van der Waals surface area contributed by atoms with E-state index in [0.29, 0.717) is 22.5 Å². The van der Waals surface area contributed by atoms with E-state index < -0.39 is 0 Å². The molecule has 2 aromatic rings. The monoisotopic (exact) mass is 363 g/mol. The molecule has 3 rings (SSSR count). The number of nitrogens with one attached hydrogen (secondary N) is 1. The minimum Gasteiger partial charge on any atom is -0.378 e. The number of rotatable bonds is 6. The first-order chi connectivity index (χ1) is 12.1. The molecule has 0 radical (unpaired) electrons. The zero-order chi connectivity index (χ0) is 17.8. The molecule has 1 N–H and O–H groups in total. The van der Waals surface area contributed by atoms with Crippen LogP contribution >= 0.6 is 11.6 Å². The molecule has 1 fully saturated rings. The second kappa shape index (κ2) is 8.19. The summed E-state index contributed by atoms with van der Waals surface area (Å²) in [6.45, 7) is 4.97. The zero-order valence-corrected chi connectivity index (χ0v) is 15.7. The van der Waals surface area contributed by atoms with Crippen molar-refractivity contribution in [3.05, 3.63) is 34.7 Å². The van der Waals surface area contributed by atoms with Gasteiger partial charge in [0, 0.05) is 24.5 Å². The van der Waals surface area contributed by atoms with Crippen LogP contribution in [0.3, 0.4) is 0 Å². The zero-order valence-electron chi connectivity index (χ0n) is 14.9. The fraction of sp³-hybridized carbons (Fsp3) is 0.579. The number of ether oxygens (including phenoxy) is 1. The molecule has 0 aliphatic heterocycles. The lowest BCUT2D eigenvalue weighted by molar-refractivity contribution is 0.0209. The molecule has 0 aromatic carbocycles. The van der Waals surface area contributed by atoms with Crippen LogP contribution in [0.15, 0.2) is 18.3 Å². The quantitative estimate of drug-likeness (QED) is 0.619. The normalized spacial score (nSPS) is 20.8. The highest BCUT2D eigenvalue weighted by molar-refractivity contribution is 6.29. The molecule has 6 heteroatoms. The molecule has 2 aromatic heterocycles. The fourth-order valence-corrected chi connectivity index (χ4v) is 3.64. The largest absolute Gasteiger partial charge is 0.378 e. The number of fused-ring (bicyclic) bond motifs is 1. The molecular formula is C19H26ClN3O2. The van der Waals surface area contributed by atoms with Gasteiger partial charge in [0.25, 0.3) is 5.91 Å². The molecule has 2 heterocycles. The van der Waals surface area contributed by atoms with Crippen molar-refractivity contribution < 1.29 is 9.53 Å². The first-order valence-corrected chi connectivity index (χ1v) is 9.53. The van der Waals surface area contributed by atoms with Gasteiger partial charge >= 0.3 is 0 Å². The predicted octanol–water partition coefficient (Wildman–Crippen LogP) is 4.15. The second-order valence-corrected chi connectivity index (χ2v) is 7.20. The van der Waals surface area contributed by atoms with Crippen molar-refractivity contribution in [2.24, 2.45) is 0 Å². The molecule has 25 heavy (non-hydrogen) atoms. The molecule has 1 aliphatic rings. The van der Waals surface area contributed by atoms with Crippen LogP contribution in [0.4, 0.5) is 0 Å². The van der Waals surface area contributed by atoms with Gasteiger partial charge in [-0.05, 0) is 51.2 Å². The molecule has 0 spiro atoms. The van der Waals surface area contributed by atoms with Gasteiger partial charge in [-0.3, -0.25) is 4.79 Å². The van der Waals surface area contributed by atoms with Gasteiger partial charge in [-0.15, -0.1) is 0 Å². The smallest absolute Gasteiger partial charge is 0.255 e. The average molecular weight is 364 g/mol. The first kappa shape index (κ1) is 18.2. The first-order valence-electron chi connectivity index (χ1n) is 9.15. The van der Waals surface area contributed by atoms with Gasteiger partial charge in [-0.2, -0.15) is 0 Å². The molecule has 0 saturated heterocycles. The van der Waals surface area contributed by atoms with Gasteiger partial charge in [-0.1, -0.05) is 24.9 Å². The van der Waals surface area contributed by atoms with E-state index in [0.717, 1.165) is 50.8 Å². The Morgan fingerprint density at radius 1 is 1.40 bits per heavy atom. The van der Waals surface area contributed by atoms with Crippen LogP contribution in [0.1, 0.15) is 61.5 Å². The van der Waals surface area contributed by atoms with Crippen molar-refractivity contribution in [1.82, 2.24) is 14.7 Å². The maximum Gasteiger partial charge on any atom is 0.255 e. The Bertz CT molecular complexity index is 736. The number of carbonyl (C=O) groups is 1. The molecular weight excluding hydrogens is 338 g/mol. The number of aromatic nitrogens is 2. The van der Waals surface area contributed by atoms with E-state index in [2.05, 4.69) is 17.2 Å². The van der Waals surface area contributed by atoms with E-state index in [1.165, 1.54) is 0 Å². The van der Waals surface area contributed by atoms with E-state index >= 15 is 0 Å². The van der Waals surface area contributed by atoms with Crippen molar-refractivity contribution >= 4 is 23.2 Å².